The second kappa shape index (κ2) is 3.12. The molecule has 0 aromatic carbocycles. The van der Waals surface area contributed by atoms with Crippen LogP contribution in [0.25, 0.3) is 0 Å². The molecule has 0 aliphatic carbocycles. The molecule has 0 bridgehead atoms. The first kappa shape index (κ1) is 8.01. The highest BCUT2D eigenvalue weighted by atomic mass is 16.1. The summed E-state index contributed by atoms with van der Waals surface area (Å²) in [7, 11) is 0. The number of hydrogen-bond acceptors (Lipinski definition) is 2. The van der Waals surface area contributed by atoms with Crippen molar-refractivity contribution in [3.63, 3.8) is 0 Å². The van der Waals surface area contributed by atoms with Gasteiger partial charge in [-0.2, -0.15) is 0 Å². The Kier molecular flexibility index (Phi) is 2.78. The standard InChI is InChI=1S/C6H12N2O/c1-3-4(2)5(7)6(8)9/h3,7H2,1-2H3,(H2,8,9)/b5-4-. The number of hydrogen-bond donors (Lipinski definition) is 2. The molecule has 0 rings (SSSR count). The molecule has 1 amide bonds. The van der Waals surface area contributed by atoms with Gasteiger partial charge in [-0.05, 0) is 18.9 Å². The van der Waals surface area contributed by atoms with Gasteiger partial charge in [0.1, 0.15) is 0 Å². The van der Waals surface area contributed by atoms with Crippen LogP contribution in [-0.4, -0.2) is 5.91 Å². The normalized spacial score (nSPS) is 12.7. The van der Waals surface area contributed by atoms with Crippen molar-refractivity contribution >= 4 is 5.91 Å². The van der Waals surface area contributed by atoms with Crippen molar-refractivity contribution in [2.45, 2.75) is 20.3 Å². The SMILES string of the molecule is CC/C(C)=C(\N)C(N)=O. The van der Waals surface area contributed by atoms with Gasteiger partial charge in [-0.15, -0.1) is 0 Å². The molecule has 0 spiro atoms. The van der Waals surface area contributed by atoms with E-state index < -0.39 is 5.91 Å². The van der Waals surface area contributed by atoms with E-state index in [1.807, 2.05) is 6.92 Å². The monoisotopic (exact) mass is 128 g/mol. The van der Waals surface area contributed by atoms with Crippen LogP contribution in [0.4, 0.5) is 0 Å². The molecule has 0 saturated carbocycles. The number of amides is 1. The predicted octanol–water partition coefficient (Wildman–Crippen LogP) is 0.114. The Bertz CT molecular complexity index is 149. The fraction of sp³-hybridized carbons (Fsp3) is 0.500. The molecule has 0 saturated heterocycles. The third kappa shape index (κ3) is 2.17. The first-order chi connectivity index (χ1) is 4.09. The predicted molar refractivity (Wildman–Crippen MR) is 36.4 cm³/mol. The Hall–Kier alpha value is -0.990. The van der Waals surface area contributed by atoms with Gasteiger partial charge in [-0.1, -0.05) is 6.92 Å². The van der Waals surface area contributed by atoms with Crippen LogP contribution in [0.15, 0.2) is 11.3 Å². The molecule has 52 valence electrons. The number of rotatable bonds is 2. The Balaban J connectivity index is 4.28. The topological polar surface area (TPSA) is 69.1 Å². The fourth-order valence-electron chi connectivity index (χ4n) is 0.401. The van der Waals surface area contributed by atoms with Crippen LogP contribution in [-0.2, 0) is 4.79 Å². The number of nitrogens with two attached hydrogens (primary N) is 2. The number of carbonyl (C=O) groups is 1. The maximum Gasteiger partial charge on any atom is 0.264 e. The maximum absolute atomic E-state index is 10.3. The summed E-state index contributed by atoms with van der Waals surface area (Å²) in [6.45, 7) is 3.71. The molecular weight excluding hydrogens is 116 g/mol. The molecule has 3 heteroatoms. The summed E-state index contributed by atoms with van der Waals surface area (Å²) in [5.41, 5.74) is 11.2. The lowest BCUT2D eigenvalue weighted by Crippen LogP contribution is -2.21. The second-order valence-electron chi connectivity index (χ2n) is 1.91. The third-order valence-corrected chi connectivity index (χ3v) is 1.26. The van der Waals surface area contributed by atoms with E-state index in [1.54, 1.807) is 6.92 Å². The fourth-order valence-corrected chi connectivity index (χ4v) is 0.401. The van der Waals surface area contributed by atoms with Crippen LogP contribution >= 0.6 is 0 Å². The van der Waals surface area contributed by atoms with Crippen LogP contribution < -0.4 is 11.5 Å². The lowest BCUT2D eigenvalue weighted by atomic mass is 10.2. The van der Waals surface area contributed by atoms with E-state index in [0.717, 1.165) is 12.0 Å². The third-order valence-electron chi connectivity index (χ3n) is 1.26. The molecule has 0 aliphatic heterocycles. The van der Waals surface area contributed by atoms with Gasteiger partial charge in [0, 0.05) is 0 Å². The molecule has 0 atom stereocenters. The lowest BCUT2D eigenvalue weighted by molar-refractivity contribution is -0.114. The first-order valence-electron chi connectivity index (χ1n) is 2.84. The summed E-state index contributed by atoms with van der Waals surface area (Å²) in [6.07, 6.45) is 0.773. The summed E-state index contributed by atoms with van der Waals surface area (Å²) in [4.78, 5) is 10.3. The number of allylic oxidation sites excluding steroid dienone is 1. The van der Waals surface area contributed by atoms with Crippen molar-refractivity contribution in [3.8, 4) is 0 Å². The van der Waals surface area contributed by atoms with Gasteiger partial charge in [0.25, 0.3) is 5.91 Å². The molecule has 9 heavy (non-hydrogen) atoms. The molecule has 0 radical (unpaired) electrons. The van der Waals surface area contributed by atoms with E-state index in [0.29, 0.717) is 0 Å². The summed E-state index contributed by atoms with van der Waals surface area (Å²) in [5, 5.41) is 0. The molecule has 0 fully saturated rings. The smallest absolute Gasteiger partial charge is 0.264 e. The molecule has 0 unspecified atom stereocenters. The van der Waals surface area contributed by atoms with Gasteiger partial charge in [0.05, 0.1) is 5.70 Å². The molecular formula is C6H12N2O. The first-order valence-corrected chi connectivity index (χ1v) is 2.84. The summed E-state index contributed by atoms with van der Waals surface area (Å²) >= 11 is 0. The average Bonchev–Trinajstić information content (AvgIpc) is 1.84. The van der Waals surface area contributed by atoms with Gasteiger partial charge < -0.3 is 11.5 Å². The highest BCUT2D eigenvalue weighted by Gasteiger charge is 2.00. The van der Waals surface area contributed by atoms with Gasteiger partial charge in [0.2, 0.25) is 0 Å². The largest absolute Gasteiger partial charge is 0.394 e. The molecule has 3 nitrogen and oxygen atoms in total. The van der Waals surface area contributed by atoms with Gasteiger partial charge in [-0.3, -0.25) is 4.79 Å². The van der Waals surface area contributed by atoms with Crippen LogP contribution in [0.5, 0.6) is 0 Å². The molecule has 4 N–H and O–H groups in total. The second-order valence-corrected chi connectivity index (χ2v) is 1.91. The lowest BCUT2D eigenvalue weighted by Gasteiger charge is -1.98. The molecule has 0 heterocycles. The van der Waals surface area contributed by atoms with E-state index in [-0.39, 0.29) is 5.70 Å². The van der Waals surface area contributed by atoms with Crippen molar-refractivity contribution in [1.82, 2.24) is 0 Å². The van der Waals surface area contributed by atoms with Crippen LogP contribution in [0.3, 0.4) is 0 Å². The minimum Gasteiger partial charge on any atom is -0.394 e. The summed E-state index contributed by atoms with van der Waals surface area (Å²) in [5.74, 6) is -0.533. The van der Waals surface area contributed by atoms with Gasteiger partial charge >= 0.3 is 0 Å². The van der Waals surface area contributed by atoms with Crippen molar-refractivity contribution in [3.05, 3.63) is 11.3 Å². The average molecular weight is 128 g/mol. The number of primary amides is 1. The zero-order chi connectivity index (χ0) is 7.44. The minimum absolute atomic E-state index is 0.192. The van der Waals surface area contributed by atoms with Crippen LogP contribution in [0.1, 0.15) is 20.3 Å². The highest BCUT2D eigenvalue weighted by Crippen LogP contribution is 2.00. The van der Waals surface area contributed by atoms with E-state index in [4.69, 9.17) is 11.5 Å². The maximum atomic E-state index is 10.3. The number of carbonyl (C=O) groups excluding carboxylic acids is 1. The van der Waals surface area contributed by atoms with E-state index in [1.165, 1.54) is 0 Å². The summed E-state index contributed by atoms with van der Waals surface area (Å²) in [6, 6.07) is 0. The zero-order valence-electron chi connectivity index (χ0n) is 5.77. The molecule has 0 aliphatic rings. The van der Waals surface area contributed by atoms with Crippen molar-refractivity contribution in [2.75, 3.05) is 0 Å². The van der Waals surface area contributed by atoms with Gasteiger partial charge in [-0.25, -0.2) is 0 Å². The quantitative estimate of drug-likeness (QED) is 0.518. The van der Waals surface area contributed by atoms with Crippen LogP contribution in [0, 0.1) is 0 Å². The van der Waals surface area contributed by atoms with Crippen molar-refractivity contribution in [2.24, 2.45) is 11.5 Å². The molecule has 0 aromatic rings. The van der Waals surface area contributed by atoms with Crippen molar-refractivity contribution in [1.29, 1.82) is 0 Å². The van der Waals surface area contributed by atoms with E-state index >= 15 is 0 Å². The molecule has 0 aromatic heterocycles. The minimum atomic E-state index is -0.533. The van der Waals surface area contributed by atoms with Crippen LogP contribution in [0.2, 0.25) is 0 Å². The summed E-state index contributed by atoms with van der Waals surface area (Å²) < 4.78 is 0. The van der Waals surface area contributed by atoms with E-state index in [9.17, 15) is 4.79 Å². The highest BCUT2D eigenvalue weighted by molar-refractivity contribution is 5.91. The van der Waals surface area contributed by atoms with E-state index in [2.05, 4.69) is 0 Å². The zero-order valence-corrected chi connectivity index (χ0v) is 5.77. The van der Waals surface area contributed by atoms with Gasteiger partial charge in [0.15, 0.2) is 0 Å². The Labute approximate surface area is 54.7 Å². The Morgan fingerprint density at radius 1 is 1.44 bits per heavy atom. The Morgan fingerprint density at radius 3 is 2.00 bits per heavy atom. The Morgan fingerprint density at radius 2 is 1.89 bits per heavy atom. The van der Waals surface area contributed by atoms with Crippen molar-refractivity contribution < 1.29 is 4.79 Å².